The Morgan fingerprint density at radius 1 is 0.448 bits per heavy atom. The molecule has 150 valence electrons. The van der Waals surface area contributed by atoms with Gasteiger partial charge < -0.3 is 9.83 Å². The summed E-state index contributed by atoms with van der Waals surface area (Å²) in [5.41, 5.74) is 14.5. The third kappa shape index (κ3) is 2.32. The Balaban J connectivity index is 2.47. The molecular weight excluding hydrogens is 354 g/mol. The summed E-state index contributed by atoms with van der Waals surface area (Å²) in [6, 6.07) is 0. The van der Waals surface area contributed by atoms with Gasteiger partial charge in [-0.15, -0.1) is 0 Å². The molecular formula is C27H31NO. The molecule has 0 saturated carbocycles. The molecule has 1 aliphatic carbocycles. The van der Waals surface area contributed by atoms with Gasteiger partial charge in [0.15, 0.2) is 0 Å². The van der Waals surface area contributed by atoms with Crippen LogP contribution in [0.5, 0.6) is 0 Å². The highest BCUT2D eigenvalue weighted by Crippen LogP contribution is 2.44. The van der Waals surface area contributed by atoms with Crippen molar-refractivity contribution >= 4 is 21.7 Å². The Hall–Kier alpha value is -2.61. The summed E-state index contributed by atoms with van der Waals surface area (Å²) in [6.07, 6.45) is 0. The number of benzene rings is 3. The topological polar surface area (TPSA) is 37.0 Å². The normalized spacial score (nSPS) is 11.9. The monoisotopic (exact) mass is 385 g/mol. The van der Waals surface area contributed by atoms with Crippen LogP contribution in [-0.4, -0.2) is 0 Å². The fourth-order valence-electron chi connectivity index (χ4n) is 5.22. The standard InChI is InChI=1S/C27H31NO/c1-11-12(2)14(4)24-21(13(11)3)15(5)16(6)23-19(9)22-17(7)18(8)25(28)20(10)26(22)29-27(23)24/h28H,1-10H3. The van der Waals surface area contributed by atoms with Crippen molar-refractivity contribution in [2.45, 2.75) is 69.2 Å². The Kier molecular flexibility index (Phi) is 4.21. The second-order valence-electron chi connectivity index (χ2n) is 8.89. The van der Waals surface area contributed by atoms with Crippen molar-refractivity contribution in [3.8, 4) is 11.3 Å². The quantitative estimate of drug-likeness (QED) is 0.251. The first kappa shape index (κ1) is 19.7. The lowest BCUT2D eigenvalue weighted by Crippen LogP contribution is -2.15. The summed E-state index contributed by atoms with van der Waals surface area (Å²) < 4.78 is 6.73. The predicted molar refractivity (Wildman–Crippen MR) is 124 cm³/mol. The molecule has 0 saturated heterocycles. The van der Waals surface area contributed by atoms with E-state index in [0.717, 1.165) is 28.0 Å². The van der Waals surface area contributed by atoms with E-state index in [-0.39, 0.29) is 0 Å². The maximum Gasteiger partial charge on any atom is 0.143 e. The van der Waals surface area contributed by atoms with E-state index in [1.54, 1.807) is 0 Å². The highest BCUT2D eigenvalue weighted by molar-refractivity contribution is 6.13. The van der Waals surface area contributed by atoms with Gasteiger partial charge in [-0.1, -0.05) is 0 Å². The molecule has 0 radical (unpaired) electrons. The molecule has 0 bridgehead atoms. The van der Waals surface area contributed by atoms with Crippen LogP contribution in [0.2, 0.25) is 0 Å². The van der Waals surface area contributed by atoms with Crippen LogP contribution >= 0.6 is 0 Å². The van der Waals surface area contributed by atoms with Gasteiger partial charge >= 0.3 is 0 Å². The van der Waals surface area contributed by atoms with E-state index >= 15 is 0 Å². The highest BCUT2D eigenvalue weighted by Gasteiger charge is 2.25. The van der Waals surface area contributed by atoms with Crippen LogP contribution in [-0.2, 0) is 0 Å². The molecule has 0 atom stereocenters. The molecule has 0 spiro atoms. The van der Waals surface area contributed by atoms with E-state index in [2.05, 4.69) is 55.4 Å². The van der Waals surface area contributed by atoms with Crippen molar-refractivity contribution in [3.05, 3.63) is 61.0 Å². The number of hydrogen-bond donors (Lipinski definition) is 1. The molecule has 1 heterocycles. The molecule has 29 heavy (non-hydrogen) atoms. The summed E-state index contributed by atoms with van der Waals surface area (Å²) in [5.74, 6) is 0.864. The molecule has 4 rings (SSSR count). The van der Waals surface area contributed by atoms with Crippen LogP contribution in [0, 0.1) is 74.6 Å². The van der Waals surface area contributed by atoms with Crippen molar-refractivity contribution in [2.24, 2.45) is 0 Å². The maximum atomic E-state index is 8.56. The van der Waals surface area contributed by atoms with Gasteiger partial charge in [-0.3, -0.25) is 0 Å². The lowest BCUT2D eigenvalue weighted by Gasteiger charge is -2.24. The van der Waals surface area contributed by atoms with Gasteiger partial charge in [-0.05, 0) is 125 Å². The molecule has 0 fully saturated rings. The first-order valence-electron chi connectivity index (χ1n) is 10.4. The van der Waals surface area contributed by atoms with E-state index in [9.17, 15) is 0 Å². The number of hydrogen-bond acceptors (Lipinski definition) is 2. The molecule has 2 aromatic rings. The van der Waals surface area contributed by atoms with Crippen molar-refractivity contribution in [2.75, 3.05) is 0 Å². The molecule has 0 unspecified atom stereocenters. The first-order valence-corrected chi connectivity index (χ1v) is 10.4. The van der Waals surface area contributed by atoms with E-state index in [0.29, 0.717) is 5.36 Å². The molecule has 0 amide bonds. The van der Waals surface area contributed by atoms with Crippen LogP contribution in [0.1, 0.15) is 55.6 Å². The van der Waals surface area contributed by atoms with Crippen LogP contribution in [0.4, 0.5) is 0 Å². The molecule has 2 nitrogen and oxygen atoms in total. The van der Waals surface area contributed by atoms with Crippen LogP contribution < -0.4 is 5.36 Å². The summed E-state index contributed by atoms with van der Waals surface area (Å²) in [5, 5.41) is 12.9. The Bertz CT molecular complexity index is 1400. The summed E-state index contributed by atoms with van der Waals surface area (Å²) in [7, 11) is 0. The Morgan fingerprint density at radius 2 is 0.931 bits per heavy atom. The maximum absolute atomic E-state index is 8.56. The van der Waals surface area contributed by atoms with Crippen LogP contribution in [0.3, 0.4) is 0 Å². The number of rotatable bonds is 0. The smallest absolute Gasteiger partial charge is 0.143 e. The van der Waals surface area contributed by atoms with Crippen molar-refractivity contribution < 1.29 is 4.42 Å². The van der Waals surface area contributed by atoms with E-state index in [1.807, 2.05) is 13.8 Å². The second-order valence-corrected chi connectivity index (χ2v) is 8.89. The minimum atomic E-state index is 0.588. The molecule has 2 heteroatoms. The van der Waals surface area contributed by atoms with E-state index in [4.69, 9.17) is 9.83 Å². The van der Waals surface area contributed by atoms with Crippen molar-refractivity contribution in [1.29, 1.82) is 5.41 Å². The highest BCUT2D eigenvalue weighted by atomic mass is 16.3. The van der Waals surface area contributed by atoms with Gasteiger partial charge in [0, 0.05) is 21.9 Å². The number of aryl methyl sites for hydroxylation is 5. The van der Waals surface area contributed by atoms with Crippen LogP contribution in [0.15, 0.2) is 4.42 Å². The fraction of sp³-hybridized carbons (Fsp3) is 0.370. The third-order valence-electron chi connectivity index (χ3n) is 7.66. The molecule has 1 N–H and O–H groups in total. The van der Waals surface area contributed by atoms with Gasteiger partial charge in [-0.2, -0.15) is 0 Å². The SMILES string of the molecule is Cc1c2c(C)c3c(C)c(C)c4c(C)c(C)c(C)c(C)c4c3oc-2c(C)c(=N)c1C. The van der Waals surface area contributed by atoms with Gasteiger partial charge in [0.1, 0.15) is 11.3 Å². The number of fused-ring (bicyclic) bond motifs is 4. The van der Waals surface area contributed by atoms with E-state index < -0.39 is 0 Å². The van der Waals surface area contributed by atoms with Gasteiger partial charge in [0.05, 0.1) is 5.36 Å². The molecule has 1 aliphatic heterocycles. The van der Waals surface area contributed by atoms with Crippen molar-refractivity contribution in [3.63, 3.8) is 0 Å². The fourth-order valence-corrected chi connectivity index (χ4v) is 5.22. The average molecular weight is 386 g/mol. The van der Waals surface area contributed by atoms with Gasteiger partial charge in [-0.25, -0.2) is 0 Å². The summed E-state index contributed by atoms with van der Waals surface area (Å²) in [6.45, 7) is 21.8. The van der Waals surface area contributed by atoms with Crippen molar-refractivity contribution in [1.82, 2.24) is 0 Å². The second kappa shape index (κ2) is 6.19. The third-order valence-corrected chi connectivity index (χ3v) is 7.66. The Labute approximate surface area is 173 Å². The molecule has 0 aromatic heterocycles. The van der Waals surface area contributed by atoms with Gasteiger partial charge in [0.25, 0.3) is 0 Å². The minimum absolute atomic E-state index is 0.588. The average Bonchev–Trinajstić information content (AvgIpc) is 2.69. The number of nitrogens with one attached hydrogen (secondary N) is 1. The summed E-state index contributed by atoms with van der Waals surface area (Å²) in [4.78, 5) is 0. The lowest BCUT2D eigenvalue weighted by molar-refractivity contribution is 0.614. The molecule has 2 aromatic carbocycles. The minimum Gasteiger partial charge on any atom is -0.455 e. The zero-order valence-electron chi connectivity index (χ0n) is 19.4. The Morgan fingerprint density at radius 3 is 1.52 bits per heavy atom. The largest absolute Gasteiger partial charge is 0.455 e. The van der Waals surface area contributed by atoms with E-state index in [1.165, 1.54) is 60.7 Å². The first-order chi connectivity index (χ1) is 13.5. The van der Waals surface area contributed by atoms with Crippen LogP contribution in [0.25, 0.3) is 33.1 Å². The zero-order valence-corrected chi connectivity index (χ0v) is 19.4. The predicted octanol–water partition coefficient (Wildman–Crippen LogP) is 7.25. The lowest BCUT2D eigenvalue weighted by atomic mass is 9.83. The van der Waals surface area contributed by atoms with Gasteiger partial charge in [0.2, 0.25) is 0 Å². The zero-order chi connectivity index (χ0) is 21.5. The molecule has 2 aliphatic rings. The summed E-state index contributed by atoms with van der Waals surface area (Å²) >= 11 is 0.